The minimum atomic E-state index is -0.103. The highest BCUT2D eigenvalue weighted by Gasteiger charge is 2.19. The third kappa shape index (κ3) is 3.80. The van der Waals surface area contributed by atoms with E-state index in [4.69, 9.17) is 0 Å². The molecule has 0 saturated heterocycles. The molecule has 0 bridgehead atoms. The molecule has 1 rings (SSSR count). The Labute approximate surface area is 112 Å². The first-order valence-corrected chi connectivity index (χ1v) is 7.20. The number of phenols is 2. The predicted molar refractivity (Wildman–Crippen MR) is 75.2 cm³/mol. The van der Waals surface area contributed by atoms with Gasteiger partial charge in [0.1, 0.15) is 11.5 Å². The Hall–Kier alpha value is -0.910. The van der Waals surface area contributed by atoms with Crippen LogP contribution in [0.4, 0.5) is 0 Å². The van der Waals surface area contributed by atoms with Gasteiger partial charge in [0.15, 0.2) is 0 Å². The number of aliphatic hydroxyl groups is 1. The Morgan fingerprint density at radius 3 is 2.50 bits per heavy atom. The number of rotatable bonds is 6. The fraction of sp³-hybridized carbons (Fsp3) is 0.538. The fourth-order valence-electron chi connectivity index (χ4n) is 1.92. The molecule has 0 spiro atoms. The summed E-state index contributed by atoms with van der Waals surface area (Å²) in [5.74, 6) is 0.289. The van der Waals surface area contributed by atoms with Gasteiger partial charge in [0.25, 0.3) is 0 Å². The van der Waals surface area contributed by atoms with Crippen LogP contribution in [0.3, 0.4) is 0 Å². The van der Waals surface area contributed by atoms with Crippen LogP contribution in [0.15, 0.2) is 18.2 Å². The van der Waals surface area contributed by atoms with Crippen molar-refractivity contribution in [2.45, 2.75) is 31.2 Å². The summed E-state index contributed by atoms with van der Waals surface area (Å²) in [7, 11) is 0. The van der Waals surface area contributed by atoms with Crippen LogP contribution >= 0.6 is 11.8 Å². The highest BCUT2D eigenvalue weighted by molar-refractivity contribution is 7.99. The molecular weight excluding hydrogens is 250 g/mol. The molecule has 0 amide bonds. The quantitative estimate of drug-likeness (QED) is 0.594. The summed E-state index contributed by atoms with van der Waals surface area (Å²) < 4.78 is 0. The SMILES string of the molecule is CSC(CO)C(C)NC(C)c1cc(O)ccc1O. The Morgan fingerprint density at radius 2 is 1.94 bits per heavy atom. The average Bonchev–Trinajstić information content (AvgIpc) is 2.33. The zero-order chi connectivity index (χ0) is 13.7. The molecule has 0 radical (unpaired) electrons. The molecule has 102 valence electrons. The van der Waals surface area contributed by atoms with Crippen LogP contribution in [0.1, 0.15) is 25.5 Å². The van der Waals surface area contributed by atoms with Crippen LogP contribution in [-0.4, -0.2) is 39.5 Å². The maximum Gasteiger partial charge on any atom is 0.120 e. The number of nitrogens with one attached hydrogen (secondary N) is 1. The van der Waals surface area contributed by atoms with Gasteiger partial charge in [-0.2, -0.15) is 11.8 Å². The van der Waals surface area contributed by atoms with Crippen molar-refractivity contribution in [1.82, 2.24) is 5.32 Å². The lowest BCUT2D eigenvalue weighted by atomic mass is 10.1. The zero-order valence-corrected chi connectivity index (χ0v) is 11.7. The van der Waals surface area contributed by atoms with E-state index in [0.29, 0.717) is 5.56 Å². The van der Waals surface area contributed by atoms with Crippen LogP contribution in [-0.2, 0) is 0 Å². The fourth-order valence-corrected chi connectivity index (χ4v) is 2.55. The van der Waals surface area contributed by atoms with E-state index < -0.39 is 0 Å². The molecule has 4 nitrogen and oxygen atoms in total. The van der Waals surface area contributed by atoms with Crippen LogP contribution in [0, 0.1) is 0 Å². The zero-order valence-electron chi connectivity index (χ0n) is 10.9. The van der Waals surface area contributed by atoms with E-state index in [2.05, 4.69) is 5.32 Å². The minimum absolute atomic E-state index is 0.0988. The van der Waals surface area contributed by atoms with E-state index in [1.165, 1.54) is 12.1 Å². The molecule has 0 heterocycles. The summed E-state index contributed by atoms with van der Waals surface area (Å²) in [5, 5.41) is 31.9. The minimum Gasteiger partial charge on any atom is -0.508 e. The molecule has 3 atom stereocenters. The Bertz CT molecular complexity index is 382. The maximum absolute atomic E-state index is 9.77. The van der Waals surface area contributed by atoms with Crippen molar-refractivity contribution in [3.05, 3.63) is 23.8 Å². The molecule has 0 aliphatic carbocycles. The van der Waals surface area contributed by atoms with Gasteiger partial charge in [-0.3, -0.25) is 0 Å². The molecule has 4 N–H and O–H groups in total. The summed E-state index contributed by atoms with van der Waals surface area (Å²) in [4.78, 5) is 0. The van der Waals surface area contributed by atoms with Gasteiger partial charge in [-0.25, -0.2) is 0 Å². The highest BCUT2D eigenvalue weighted by Crippen LogP contribution is 2.28. The van der Waals surface area contributed by atoms with Crippen LogP contribution < -0.4 is 5.32 Å². The number of aromatic hydroxyl groups is 2. The second kappa shape index (κ2) is 6.87. The van der Waals surface area contributed by atoms with Crippen molar-refractivity contribution in [3.8, 4) is 11.5 Å². The molecule has 0 aliphatic heterocycles. The van der Waals surface area contributed by atoms with Crippen LogP contribution in [0.2, 0.25) is 0 Å². The van der Waals surface area contributed by atoms with Gasteiger partial charge in [-0.1, -0.05) is 0 Å². The smallest absolute Gasteiger partial charge is 0.120 e. The average molecular weight is 271 g/mol. The Kier molecular flexibility index (Phi) is 5.78. The summed E-state index contributed by atoms with van der Waals surface area (Å²) in [6, 6.07) is 4.47. The number of phenolic OH excluding ortho intramolecular Hbond substituents is 2. The van der Waals surface area contributed by atoms with E-state index in [0.717, 1.165) is 0 Å². The third-order valence-electron chi connectivity index (χ3n) is 3.03. The number of benzene rings is 1. The first kappa shape index (κ1) is 15.1. The van der Waals surface area contributed by atoms with Crippen molar-refractivity contribution < 1.29 is 15.3 Å². The van der Waals surface area contributed by atoms with Gasteiger partial charge in [-0.15, -0.1) is 0 Å². The summed E-state index contributed by atoms with van der Waals surface area (Å²) in [6.45, 7) is 4.02. The molecule has 1 aromatic rings. The molecule has 18 heavy (non-hydrogen) atoms. The number of hydrogen-bond donors (Lipinski definition) is 4. The second-order valence-corrected chi connectivity index (χ2v) is 5.45. The number of thioether (sulfide) groups is 1. The lowest BCUT2D eigenvalue weighted by Gasteiger charge is -2.26. The van der Waals surface area contributed by atoms with E-state index in [9.17, 15) is 15.3 Å². The monoisotopic (exact) mass is 271 g/mol. The summed E-state index contributed by atoms with van der Waals surface area (Å²) in [6.07, 6.45) is 1.95. The normalized spacial score (nSPS) is 16.2. The van der Waals surface area contributed by atoms with E-state index >= 15 is 0 Å². The molecule has 0 aliphatic rings. The molecule has 0 aromatic heterocycles. The molecular formula is C13H21NO3S. The van der Waals surface area contributed by atoms with Crippen LogP contribution in [0.5, 0.6) is 11.5 Å². The molecule has 0 fully saturated rings. The maximum atomic E-state index is 9.77. The first-order chi connectivity index (χ1) is 8.49. The van der Waals surface area contributed by atoms with E-state index in [-0.39, 0.29) is 35.4 Å². The Morgan fingerprint density at radius 1 is 1.28 bits per heavy atom. The van der Waals surface area contributed by atoms with Crippen molar-refractivity contribution in [2.24, 2.45) is 0 Å². The summed E-state index contributed by atoms with van der Waals surface area (Å²) in [5.41, 5.74) is 0.652. The van der Waals surface area contributed by atoms with Gasteiger partial charge < -0.3 is 20.6 Å². The van der Waals surface area contributed by atoms with Gasteiger partial charge in [0.05, 0.1) is 6.61 Å². The van der Waals surface area contributed by atoms with Crippen molar-refractivity contribution in [1.29, 1.82) is 0 Å². The lowest BCUT2D eigenvalue weighted by molar-refractivity contribution is 0.271. The van der Waals surface area contributed by atoms with Gasteiger partial charge in [-0.05, 0) is 38.3 Å². The molecule has 0 saturated carbocycles. The van der Waals surface area contributed by atoms with Gasteiger partial charge in [0, 0.05) is 22.9 Å². The van der Waals surface area contributed by atoms with Crippen LogP contribution in [0.25, 0.3) is 0 Å². The van der Waals surface area contributed by atoms with Gasteiger partial charge >= 0.3 is 0 Å². The third-order valence-corrected chi connectivity index (χ3v) is 4.19. The Balaban J connectivity index is 2.75. The largest absolute Gasteiger partial charge is 0.508 e. The molecule has 5 heteroatoms. The van der Waals surface area contributed by atoms with Gasteiger partial charge in [0.2, 0.25) is 0 Å². The van der Waals surface area contributed by atoms with Crippen molar-refractivity contribution in [2.75, 3.05) is 12.9 Å². The standard InChI is InChI=1S/C13H21NO3S/c1-8(14-9(2)13(7-15)18-3)11-6-10(16)4-5-12(11)17/h4-6,8-9,13-17H,7H2,1-3H3. The molecule has 3 unspecified atom stereocenters. The molecule has 1 aromatic carbocycles. The van der Waals surface area contributed by atoms with E-state index in [1.54, 1.807) is 17.8 Å². The highest BCUT2D eigenvalue weighted by atomic mass is 32.2. The van der Waals surface area contributed by atoms with Crippen molar-refractivity contribution in [3.63, 3.8) is 0 Å². The number of hydrogen-bond acceptors (Lipinski definition) is 5. The number of aliphatic hydroxyl groups excluding tert-OH is 1. The summed E-state index contributed by atoms with van der Waals surface area (Å²) >= 11 is 1.60. The van der Waals surface area contributed by atoms with E-state index in [1.807, 2.05) is 20.1 Å². The lowest BCUT2D eigenvalue weighted by Crippen LogP contribution is -2.38. The predicted octanol–water partition coefficient (Wildman–Crippen LogP) is 1.86. The van der Waals surface area contributed by atoms with Crippen molar-refractivity contribution >= 4 is 11.8 Å². The first-order valence-electron chi connectivity index (χ1n) is 5.91. The topological polar surface area (TPSA) is 72.7 Å². The second-order valence-electron chi connectivity index (χ2n) is 4.38.